The van der Waals surface area contributed by atoms with E-state index in [0.29, 0.717) is 31.9 Å². The lowest BCUT2D eigenvalue weighted by molar-refractivity contribution is -0.135. The maximum Gasteiger partial charge on any atom is 0.246 e. The number of amides is 2. The van der Waals surface area contributed by atoms with Gasteiger partial charge in [-0.05, 0) is 44.0 Å². The van der Waals surface area contributed by atoms with E-state index < -0.39 is 16.1 Å². The molecule has 7 nitrogen and oxygen atoms in total. The maximum absolute atomic E-state index is 12.8. The summed E-state index contributed by atoms with van der Waals surface area (Å²) in [5, 5.41) is 0. The Morgan fingerprint density at radius 1 is 1.16 bits per heavy atom. The molecule has 1 aromatic rings. The van der Waals surface area contributed by atoms with E-state index in [-0.39, 0.29) is 5.91 Å². The molecule has 0 radical (unpaired) electrons. The molecule has 1 saturated heterocycles. The summed E-state index contributed by atoms with van der Waals surface area (Å²) in [7, 11) is -3.63. The topological polar surface area (TPSA) is 78.0 Å². The molecule has 1 aromatic carbocycles. The van der Waals surface area contributed by atoms with Crippen LogP contribution < -0.4 is 4.31 Å². The van der Waals surface area contributed by atoms with E-state index in [9.17, 15) is 18.0 Å². The quantitative estimate of drug-likeness (QED) is 0.720. The molecule has 1 atom stereocenters. The molecule has 0 spiro atoms. The monoisotopic (exact) mass is 367 g/mol. The fraction of sp³-hybridized carbons (Fsp3) is 0.529. The van der Waals surface area contributed by atoms with Gasteiger partial charge in [-0.15, -0.1) is 0 Å². The van der Waals surface area contributed by atoms with Crippen molar-refractivity contribution in [2.75, 3.05) is 36.7 Å². The predicted molar refractivity (Wildman–Crippen MR) is 96.9 cm³/mol. The highest BCUT2D eigenvalue weighted by molar-refractivity contribution is 7.92. The summed E-state index contributed by atoms with van der Waals surface area (Å²) in [6.45, 7) is 7.20. The van der Waals surface area contributed by atoms with Gasteiger partial charge in [0, 0.05) is 26.2 Å². The van der Waals surface area contributed by atoms with E-state index in [1.54, 1.807) is 28.9 Å². The Bertz CT molecular complexity index is 755. The molecule has 1 unspecified atom stereocenters. The Kier molecular flexibility index (Phi) is 5.72. The molecule has 0 aliphatic carbocycles. The average Bonchev–Trinajstić information content (AvgIpc) is 2.56. The van der Waals surface area contributed by atoms with Gasteiger partial charge in [0.05, 0.1) is 11.9 Å². The first-order chi connectivity index (χ1) is 11.6. The maximum atomic E-state index is 12.8. The van der Waals surface area contributed by atoms with Crippen molar-refractivity contribution in [3.05, 3.63) is 29.3 Å². The van der Waals surface area contributed by atoms with Gasteiger partial charge in [-0.3, -0.25) is 13.9 Å². The molecule has 1 aliphatic heterocycles. The van der Waals surface area contributed by atoms with Gasteiger partial charge in [-0.25, -0.2) is 8.42 Å². The minimum atomic E-state index is -3.63. The number of hydrogen-bond donors (Lipinski definition) is 0. The molecule has 8 heteroatoms. The number of hydrogen-bond acceptors (Lipinski definition) is 4. The normalized spacial score (nSPS) is 16.5. The second-order valence-electron chi connectivity index (χ2n) is 6.47. The van der Waals surface area contributed by atoms with Crippen LogP contribution in [-0.4, -0.2) is 69.0 Å². The number of nitrogens with zero attached hydrogens (tertiary/aromatic N) is 3. The number of aryl methyl sites for hydroxylation is 2. The smallest absolute Gasteiger partial charge is 0.246 e. The molecule has 1 heterocycles. The number of benzene rings is 1. The number of carbonyl (C=O) groups is 2. The first-order valence-corrected chi connectivity index (χ1v) is 10.0. The molecule has 0 aromatic heterocycles. The van der Waals surface area contributed by atoms with E-state index in [2.05, 4.69) is 0 Å². The number of piperazine rings is 1. The Morgan fingerprint density at radius 3 is 2.24 bits per heavy atom. The third-order valence-electron chi connectivity index (χ3n) is 4.59. The second-order valence-corrected chi connectivity index (χ2v) is 8.33. The van der Waals surface area contributed by atoms with Crippen LogP contribution in [0.3, 0.4) is 0 Å². The van der Waals surface area contributed by atoms with Crippen LogP contribution in [0.5, 0.6) is 0 Å². The van der Waals surface area contributed by atoms with E-state index in [1.807, 2.05) is 19.9 Å². The summed E-state index contributed by atoms with van der Waals surface area (Å²) in [5.41, 5.74) is 2.50. The van der Waals surface area contributed by atoms with Crippen LogP contribution in [0.15, 0.2) is 18.2 Å². The SMILES string of the molecule is Cc1ccc(N(C(C)C(=O)N2CCN(C=O)CC2)S(C)(=O)=O)cc1C. The molecule has 1 aliphatic rings. The fourth-order valence-electron chi connectivity index (χ4n) is 2.98. The zero-order chi connectivity index (χ0) is 18.8. The summed E-state index contributed by atoms with van der Waals surface area (Å²) < 4.78 is 25.9. The van der Waals surface area contributed by atoms with Crippen LogP contribution in [0.1, 0.15) is 18.1 Å². The molecular weight excluding hydrogens is 342 g/mol. The van der Waals surface area contributed by atoms with E-state index in [1.165, 1.54) is 4.31 Å². The van der Waals surface area contributed by atoms with Gasteiger partial charge in [0.1, 0.15) is 6.04 Å². The standard InChI is InChI=1S/C17H25N3O4S/c1-13-5-6-16(11-14(13)2)20(25(4,23)24)15(3)17(22)19-9-7-18(12-21)8-10-19/h5-6,11-12,15H,7-10H2,1-4H3. The molecule has 0 saturated carbocycles. The summed E-state index contributed by atoms with van der Waals surface area (Å²) in [4.78, 5) is 26.8. The van der Waals surface area contributed by atoms with Gasteiger partial charge in [0.15, 0.2) is 0 Å². The van der Waals surface area contributed by atoms with Crippen LogP contribution in [0.25, 0.3) is 0 Å². The molecule has 0 N–H and O–H groups in total. The summed E-state index contributed by atoms with van der Waals surface area (Å²) in [5.74, 6) is -0.255. The van der Waals surface area contributed by atoms with Crippen molar-refractivity contribution in [1.82, 2.24) is 9.80 Å². The van der Waals surface area contributed by atoms with Crippen molar-refractivity contribution < 1.29 is 18.0 Å². The molecule has 138 valence electrons. The second kappa shape index (κ2) is 7.43. The molecule has 0 bridgehead atoms. The lowest BCUT2D eigenvalue weighted by Crippen LogP contribution is -2.55. The molecule has 2 amide bonds. The van der Waals surface area contributed by atoms with Crippen molar-refractivity contribution in [3.63, 3.8) is 0 Å². The highest BCUT2D eigenvalue weighted by Crippen LogP contribution is 2.24. The average molecular weight is 367 g/mol. The number of anilines is 1. The number of carbonyl (C=O) groups excluding carboxylic acids is 2. The molecule has 2 rings (SSSR count). The van der Waals surface area contributed by atoms with Gasteiger partial charge < -0.3 is 9.80 Å². The largest absolute Gasteiger partial charge is 0.342 e. The lowest BCUT2D eigenvalue weighted by Gasteiger charge is -2.37. The van der Waals surface area contributed by atoms with Crippen molar-refractivity contribution in [2.24, 2.45) is 0 Å². The van der Waals surface area contributed by atoms with Crippen LogP contribution in [-0.2, 0) is 19.6 Å². The summed E-state index contributed by atoms with van der Waals surface area (Å²) in [6.07, 6.45) is 1.87. The van der Waals surface area contributed by atoms with Crippen LogP contribution in [0.2, 0.25) is 0 Å². The van der Waals surface area contributed by atoms with Crippen molar-refractivity contribution in [3.8, 4) is 0 Å². The van der Waals surface area contributed by atoms with E-state index in [0.717, 1.165) is 23.8 Å². The third-order valence-corrected chi connectivity index (χ3v) is 5.83. The van der Waals surface area contributed by atoms with Crippen LogP contribution in [0.4, 0.5) is 5.69 Å². The Morgan fingerprint density at radius 2 is 1.76 bits per heavy atom. The van der Waals surface area contributed by atoms with Gasteiger partial charge in [0.2, 0.25) is 22.3 Å². The Hall–Kier alpha value is -2.09. The molecule has 25 heavy (non-hydrogen) atoms. The lowest BCUT2D eigenvalue weighted by atomic mass is 10.1. The predicted octanol–water partition coefficient (Wildman–Crippen LogP) is 0.759. The fourth-order valence-corrected chi connectivity index (χ4v) is 4.14. The first kappa shape index (κ1) is 19.2. The van der Waals surface area contributed by atoms with Crippen molar-refractivity contribution in [1.29, 1.82) is 0 Å². The van der Waals surface area contributed by atoms with Crippen molar-refractivity contribution >= 4 is 28.0 Å². The molecular formula is C17H25N3O4S. The number of sulfonamides is 1. The summed E-state index contributed by atoms with van der Waals surface area (Å²) in [6, 6.07) is 4.50. The van der Waals surface area contributed by atoms with Crippen molar-refractivity contribution in [2.45, 2.75) is 26.8 Å². The Labute approximate surface area is 149 Å². The van der Waals surface area contributed by atoms with Gasteiger partial charge in [-0.2, -0.15) is 0 Å². The van der Waals surface area contributed by atoms with Gasteiger partial charge >= 0.3 is 0 Å². The van der Waals surface area contributed by atoms with Crippen LogP contribution in [0, 0.1) is 13.8 Å². The minimum absolute atomic E-state index is 0.255. The van der Waals surface area contributed by atoms with Gasteiger partial charge in [0.25, 0.3) is 0 Å². The summed E-state index contributed by atoms with van der Waals surface area (Å²) >= 11 is 0. The number of rotatable bonds is 5. The zero-order valence-corrected chi connectivity index (χ0v) is 15.9. The van der Waals surface area contributed by atoms with E-state index in [4.69, 9.17) is 0 Å². The van der Waals surface area contributed by atoms with Gasteiger partial charge in [-0.1, -0.05) is 6.07 Å². The minimum Gasteiger partial charge on any atom is -0.342 e. The van der Waals surface area contributed by atoms with Crippen LogP contribution >= 0.6 is 0 Å². The Balaban J connectivity index is 2.27. The third kappa shape index (κ3) is 4.31. The zero-order valence-electron chi connectivity index (χ0n) is 15.1. The molecule has 1 fully saturated rings. The first-order valence-electron chi connectivity index (χ1n) is 8.20. The highest BCUT2D eigenvalue weighted by atomic mass is 32.2. The van der Waals surface area contributed by atoms with E-state index >= 15 is 0 Å². The highest BCUT2D eigenvalue weighted by Gasteiger charge is 2.33.